The molecule has 1 heterocycles. The van der Waals surface area contributed by atoms with Gasteiger partial charge in [-0.1, -0.05) is 19.1 Å². The van der Waals surface area contributed by atoms with E-state index < -0.39 is 6.10 Å². The van der Waals surface area contributed by atoms with Crippen LogP contribution in [0.5, 0.6) is 0 Å². The van der Waals surface area contributed by atoms with E-state index in [0.29, 0.717) is 11.6 Å². The smallest absolute Gasteiger partial charge is 0.317 e. The zero-order chi connectivity index (χ0) is 14.5. The van der Waals surface area contributed by atoms with E-state index in [-0.39, 0.29) is 12.6 Å². The molecule has 0 aliphatic carbocycles. The van der Waals surface area contributed by atoms with Crippen LogP contribution in [-0.4, -0.2) is 35.7 Å². The molecule has 1 aromatic carbocycles. The highest BCUT2D eigenvalue weighted by Gasteiger charge is 2.20. The summed E-state index contributed by atoms with van der Waals surface area (Å²) in [5.74, 6) is 0.694. The summed E-state index contributed by atoms with van der Waals surface area (Å²) in [6.45, 7) is 4.02. The number of hydrogen-bond acceptors (Lipinski definition) is 3. The van der Waals surface area contributed by atoms with Gasteiger partial charge in [-0.25, -0.2) is 4.79 Å². The average molecular weight is 277 g/mol. The molecule has 0 spiro atoms. The second kappa shape index (κ2) is 6.61. The van der Waals surface area contributed by atoms with Crippen LogP contribution in [0.15, 0.2) is 24.3 Å². The fourth-order valence-corrected chi connectivity index (χ4v) is 2.34. The normalized spacial score (nSPS) is 17.8. The average Bonchev–Trinajstić information content (AvgIpc) is 2.46. The van der Waals surface area contributed by atoms with Gasteiger partial charge in [0.15, 0.2) is 0 Å². The van der Waals surface area contributed by atoms with Gasteiger partial charge in [0.25, 0.3) is 0 Å². The van der Waals surface area contributed by atoms with Crippen molar-refractivity contribution >= 4 is 11.7 Å². The predicted octanol–water partition coefficient (Wildman–Crippen LogP) is 1.74. The number of nitrogens with two attached hydrogens (primary N) is 1. The van der Waals surface area contributed by atoms with Crippen LogP contribution >= 0.6 is 0 Å². The molecule has 1 saturated heterocycles. The fourth-order valence-electron chi connectivity index (χ4n) is 2.34. The number of nitrogen functional groups attached to an aromatic ring is 1. The van der Waals surface area contributed by atoms with Gasteiger partial charge in [-0.3, -0.25) is 0 Å². The van der Waals surface area contributed by atoms with Crippen molar-refractivity contribution in [2.75, 3.05) is 25.4 Å². The van der Waals surface area contributed by atoms with Crippen LogP contribution in [0.25, 0.3) is 0 Å². The van der Waals surface area contributed by atoms with Crippen LogP contribution in [-0.2, 0) is 0 Å². The van der Waals surface area contributed by atoms with Crippen molar-refractivity contribution < 1.29 is 9.90 Å². The number of urea groups is 1. The Kier molecular flexibility index (Phi) is 4.84. The van der Waals surface area contributed by atoms with E-state index in [1.165, 1.54) is 0 Å². The number of nitrogens with zero attached hydrogens (tertiary/aromatic N) is 1. The first-order valence-corrected chi connectivity index (χ1v) is 7.12. The molecule has 0 saturated carbocycles. The third-order valence-electron chi connectivity index (χ3n) is 3.84. The Balaban J connectivity index is 1.79. The number of anilines is 1. The standard InChI is InChI=1S/C15H23N3O2/c1-11-6-8-18(9-7-11)15(20)17-10-14(19)12-2-4-13(16)5-3-12/h2-5,11,14,19H,6-10,16H2,1H3,(H,17,20). The van der Waals surface area contributed by atoms with Crippen molar-refractivity contribution in [3.63, 3.8) is 0 Å². The van der Waals surface area contributed by atoms with Gasteiger partial charge >= 0.3 is 6.03 Å². The number of hydrogen-bond donors (Lipinski definition) is 3. The predicted molar refractivity (Wildman–Crippen MR) is 79.2 cm³/mol. The third kappa shape index (κ3) is 3.87. The number of nitrogens with one attached hydrogen (secondary N) is 1. The van der Waals surface area contributed by atoms with E-state index >= 15 is 0 Å². The number of likely N-dealkylation sites (tertiary alicyclic amines) is 1. The van der Waals surface area contributed by atoms with Crippen molar-refractivity contribution in [2.24, 2.45) is 5.92 Å². The molecule has 1 aliphatic rings. The Bertz CT molecular complexity index is 439. The lowest BCUT2D eigenvalue weighted by Crippen LogP contribution is -2.45. The zero-order valence-electron chi connectivity index (χ0n) is 11.9. The Morgan fingerprint density at radius 3 is 2.60 bits per heavy atom. The molecule has 0 bridgehead atoms. The minimum Gasteiger partial charge on any atom is -0.399 e. The van der Waals surface area contributed by atoms with Gasteiger partial charge in [0.1, 0.15) is 0 Å². The number of benzene rings is 1. The fraction of sp³-hybridized carbons (Fsp3) is 0.533. The van der Waals surface area contributed by atoms with E-state index in [1.54, 1.807) is 24.3 Å². The number of aliphatic hydroxyl groups is 1. The van der Waals surface area contributed by atoms with Crippen molar-refractivity contribution in [3.05, 3.63) is 29.8 Å². The number of carbonyl (C=O) groups is 1. The highest BCUT2D eigenvalue weighted by Crippen LogP contribution is 2.17. The topological polar surface area (TPSA) is 78.6 Å². The summed E-state index contributed by atoms with van der Waals surface area (Å²) >= 11 is 0. The minimum absolute atomic E-state index is 0.0913. The van der Waals surface area contributed by atoms with Gasteiger partial charge in [-0.15, -0.1) is 0 Å². The SMILES string of the molecule is CC1CCN(C(=O)NCC(O)c2ccc(N)cc2)CC1. The minimum atomic E-state index is -0.705. The lowest BCUT2D eigenvalue weighted by Gasteiger charge is -2.30. The third-order valence-corrected chi connectivity index (χ3v) is 3.84. The molecule has 5 heteroatoms. The van der Waals surface area contributed by atoms with Crippen molar-refractivity contribution in [1.29, 1.82) is 0 Å². The second-order valence-corrected chi connectivity index (χ2v) is 5.54. The molecule has 1 fully saturated rings. The van der Waals surface area contributed by atoms with Crippen LogP contribution in [0.3, 0.4) is 0 Å². The molecule has 1 atom stereocenters. The van der Waals surface area contributed by atoms with Gasteiger partial charge in [0.05, 0.1) is 6.10 Å². The van der Waals surface area contributed by atoms with E-state index in [2.05, 4.69) is 12.2 Å². The van der Waals surface area contributed by atoms with Gasteiger partial charge < -0.3 is 21.1 Å². The Hall–Kier alpha value is -1.75. The first kappa shape index (κ1) is 14.7. The molecule has 0 aromatic heterocycles. The van der Waals surface area contributed by atoms with Crippen LogP contribution in [0.1, 0.15) is 31.4 Å². The lowest BCUT2D eigenvalue weighted by molar-refractivity contribution is 0.152. The van der Waals surface area contributed by atoms with E-state index in [0.717, 1.165) is 31.5 Å². The van der Waals surface area contributed by atoms with Gasteiger partial charge in [-0.05, 0) is 36.5 Å². The highest BCUT2D eigenvalue weighted by molar-refractivity contribution is 5.74. The highest BCUT2D eigenvalue weighted by atomic mass is 16.3. The van der Waals surface area contributed by atoms with Crippen LogP contribution in [0.2, 0.25) is 0 Å². The van der Waals surface area contributed by atoms with Crippen molar-refractivity contribution in [2.45, 2.75) is 25.9 Å². The number of piperidine rings is 1. The number of rotatable bonds is 3. The van der Waals surface area contributed by atoms with E-state index in [9.17, 15) is 9.90 Å². The van der Waals surface area contributed by atoms with Crippen LogP contribution in [0, 0.1) is 5.92 Å². The Morgan fingerprint density at radius 2 is 2.00 bits per heavy atom. The first-order chi connectivity index (χ1) is 9.56. The van der Waals surface area contributed by atoms with E-state index in [1.807, 2.05) is 4.90 Å². The maximum absolute atomic E-state index is 12.0. The summed E-state index contributed by atoms with van der Waals surface area (Å²) in [6.07, 6.45) is 1.39. The van der Waals surface area contributed by atoms with Gasteiger partial charge in [-0.2, -0.15) is 0 Å². The molecule has 2 amide bonds. The summed E-state index contributed by atoms with van der Waals surface area (Å²) in [7, 11) is 0. The summed E-state index contributed by atoms with van der Waals surface area (Å²) in [5.41, 5.74) is 7.02. The molecular formula is C15H23N3O2. The molecule has 4 N–H and O–H groups in total. The van der Waals surface area contributed by atoms with E-state index in [4.69, 9.17) is 5.73 Å². The summed E-state index contributed by atoms with van der Waals surface area (Å²) < 4.78 is 0. The summed E-state index contributed by atoms with van der Waals surface area (Å²) in [5, 5.41) is 12.8. The summed E-state index contributed by atoms with van der Waals surface area (Å²) in [4.78, 5) is 13.8. The monoisotopic (exact) mass is 277 g/mol. The Morgan fingerprint density at radius 1 is 1.40 bits per heavy atom. The zero-order valence-corrected chi connectivity index (χ0v) is 11.9. The maximum Gasteiger partial charge on any atom is 0.317 e. The van der Waals surface area contributed by atoms with Crippen LogP contribution < -0.4 is 11.1 Å². The van der Waals surface area contributed by atoms with Crippen molar-refractivity contribution in [1.82, 2.24) is 10.2 Å². The lowest BCUT2D eigenvalue weighted by atomic mass is 10.00. The van der Waals surface area contributed by atoms with Gasteiger partial charge in [0.2, 0.25) is 0 Å². The maximum atomic E-state index is 12.0. The molecule has 1 aliphatic heterocycles. The number of amides is 2. The quantitative estimate of drug-likeness (QED) is 0.736. The van der Waals surface area contributed by atoms with Crippen molar-refractivity contribution in [3.8, 4) is 0 Å². The summed E-state index contributed by atoms with van der Waals surface area (Å²) in [6, 6.07) is 6.94. The molecule has 1 aromatic rings. The molecule has 5 nitrogen and oxygen atoms in total. The molecule has 2 rings (SSSR count). The van der Waals surface area contributed by atoms with Crippen LogP contribution in [0.4, 0.5) is 10.5 Å². The molecule has 0 radical (unpaired) electrons. The second-order valence-electron chi connectivity index (χ2n) is 5.54. The Labute approximate surface area is 119 Å². The first-order valence-electron chi connectivity index (χ1n) is 7.12. The largest absolute Gasteiger partial charge is 0.399 e. The number of aliphatic hydroxyl groups excluding tert-OH is 1. The van der Waals surface area contributed by atoms with Gasteiger partial charge in [0, 0.05) is 25.3 Å². The number of carbonyl (C=O) groups excluding carboxylic acids is 1. The molecule has 1 unspecified atom stereocenters. The molecule has 110 valence electrons. The molecule has 20 heavy (non-hydrogen) atoms. The molecular weight excluding hydrogens is 254 g/mol.